The standard InChI is InChI=1S/C36H36FN7S/c1-22(24-8-5-6-9-24)41-29-15-26(19-38-21-29)27-16-32-35(43-44-36(32)39-20-27)34-17-31-30(10-7-11-33(31)42-34)25-12-23(13-28(37)14-25)18-40-45(2,3)4/h7,10-17,19-21,24,40-42H,1-3,5-6,8-9,18H2,4H3,(H,39,43,44). The number of anilines is 1. The van der Waals surface area contributed by atoms with Gasteiger partial charge in [0, 0.05) is 52.1 Å². The number of nitrogens with one attached hydrogen (secondary N) is 4. The quantitative estimate of drug-likeness (QED) is 0.122. The molecule has 9 heteroatoms. The van der Waals surface area contributed by atoms with Crippen LogP contribution >= 0.6 is 9.39 Å². The lowest BCUT2D eigenvalue weighted by Crippen LogP contribution is -2.08. The van der Waals surface area contributed by atoms with Crippen LogP contribution in [0.3, 0.4) is 0 Å². The minimum atomic E-state index is -1.42. The summed E-state index contributed by atoms with van der Waals surface area (Å²) in [5.41, 5.74) is 9.72. The second kappa shape index (κ2) is 11.6. The van der Waals surface area contributed by atoms with E-state index in [4.69, 9.17) is 0 Å². The molecule has 1 fully saturated rings. The van der Waals surface area contributed by atoms with Gasteiger partial charge >= 0.3 is 0 Å². The zero-order valence-corrected chi connectivity index (χ0v) is 26.1. The highest BCUT2D eigenvalue weighted by molar-refractivity contribution is 8.25. The van der Waals surface area contributed by atoms with Gasteiger partial charge in [-0.05, 0) is 84.2 Å². The predicted octanol–water partition coefficient (Wildman–Crippen LogP) is 8.39. The second-order valence-corrected chi connectivity index (χ2v) is 15.0. The van der Waals surface area contributed by atoms with E-state index < -0.39 is 9.39 Å². The van der Waals surface area contributed by atoms with Gasteiger partial charge in [0.1, 0.15) is 5.82 Å². The molecule has 0 spiro atoms. The van der Waals surface area contributed by atoms with Crippen molar-refractivity contribution < 1.29 is 4.39 Å². The highest BCUT2D eigenvalue weighted by Crippen LogP contribution is 2.36. The lowest BCUT2D eigenvalue weighted by atomic mass is 9.99. The monoisotopic (exact) mass is 617 g/mol. The molecule has 4 aromatic heterocycles. The third-order valence-electron chi connectivity index (χ3n) is 8.46. The van der Waals surface area contributed by atoms with Crippen LogP contribution in [0.1, 0.15) is 31.2 Å². The maximum absolute atomic E-state index is 14.8. The number of aromatic amines is 2. The van der Waals surface area contributed by atoms with Gasteiger partial charge in [0.05, 0.1) is 23.3 Å². The van der Waals surface area contributed by atoms with E-state index in [2.05, 4.69) is 71.7 Å². The SMILES string of the molecule is C=C(Nc1cncc(-c2cnc3n[nH]c(-c4cc5c(-c6cc(F)cc(CNS(=C)(=C)C)c6)cccc5[nH]4)c3c2)c1)C1CCCC1. The molecule has 1 aliphatic rings. The Balaban J connectivity index is 1.22. The fraction of sp³-hybridized carbons (Fsp3) is 0.194. The normalized spacial score (nSPS) is 14.0. The molecule has 45 heavy (non-hydrogen) atoms. The number of halogens is 1. The van der Waals surface area contributed by atoms with Crippen molar-refractivity contribution in [3.8, 4) is 33.6 Å². The van der Waals surface area contributed by atoms with Gasteiger partial charge in [0.25, 0.3) is 0 Å². The molecule has 0 amide bonds. The fourth-order valence-corrected chi connectivity index (χ4v) is 6.71. The van der Waals surface area contributed by atoms with Crippen molar-refractivity contribution in [2.45, 2.75) is 32.2 Å². The smallest absolute Gasteiger partial charge is 0.181 e. The van der Waals surface area contributed by atoms with E-state index in [1.165, 1.54) is 25.7 Å². The lowest BCUT2D eigenvalue weighted by Gasteiger charge is -2.15. The molecule has 0 unspecified atom stereocenters. The number of nitrogens with zero attached hydrogens (tertiary/aromatic N) is 3. The number of benzene rings is 2. The first-order valence-corrected chi connectivity index (χ1v) is 17.4. The van der Waals surface area contributed by atoms with Gasteiger partial charge in [0.2, 0.25) is 0 Å². The molecule has 0 aliphatic heterocycles. The molecule has 7 nitrogen and oxygen atoms in total. The van der Waals surface area contributed by atoms with Gasteiger partial charge in [0.15, 0.2) is 5.65 Å². The average Bonchev–Trinajstić information content (AvgIpc) is 3.79. The molecule has 2 aromatic carbocycles. The Bertz CT molecular complexity index is 2170. The van der Waals surface area contributed by atoms with E-state index in [1.54, 1.807) is 12.1 Å². The lowest BCUT2D eigenvalue weighted by molar-refractivity contribution is 0.625. The van der Waals surface area contributed by atoms with Crippen molar-refractivity contribution in [2.75, 3.05) is 11.6 Å². The first kappa shape index (κ1) is 29.0. The third-order valence-corrected chi connectivity index (χ3v) is 9.30. The summed E-state index contributed by atoms with van der Waals surface area (Å²) in [4.78, 5) is 12.7. The Morgan fingerprint density at radius 3 is 2.62 bits per heavy atom. The number of hydrogen-bond donors (Lipinski definition) is 4. The van der Waals surface area contributed by atoms with E-state index >= 15 is 0 Å². The van der Waals surface area contributed by atoms with Crippen molar-refractivity contribution in [3.05, 3.63) is 96.8 Å². The first-order valence-electron chi connectivity index (χ1n) is 15.1. The second-order valence-electron chi connectivity index (χ2n) is 12.2. The van der Waals surface area contributed by atoms with Crippen molar-refractivity contribution in [3.63, 3.8) is 0 Å². The van der Waals surface area contributed by atoms with Gasteiger partial charge in [-0.1, -0.05) is 43.3 Å². The van der Waals surface area contributed by atoms with Crippen LogP contribution in [0.4, 0.5) is 10.1 Å². The molecule has 4 N–H and O–H groups in total. The number of allylic oxidation sites excluding steroid dienone is 1. The molecule has 1 saturated carbocycles. The number of rotatable bonds is 9. The minimum Gasteiger partial charge on any atom is -0.358 e. The summed E-state index contributed by atoms with van der Waals surface area (Å²) in [5, 5.41) is 13.0. The predicted molar refractivity (Wildman–Crippen MR) is 189 cm³/mol. The van der Waals surface area contributed by atoms with Crippen LogP contribution in [-0.4, -0.2) is 43.1 Å². The van der Waals surface area contributed by atoms with E-state index in [-0.39, 0.29) is 5.82 Å². The van der Waals surface area contributed by atoms with Crippen LogP contribution in [0.25, 0.3) is 55.6 Å². The molecule has 0 radical (unpaired) electrons. The number of fused-ring (bicyclic) bond motifs is 2. The highest BCUT2D eigenvalue weighted by atomic mass is 32.2. The largest absolute Gasteiger partial charge is 0.358 e. The first-order chi connectivity index (χ1) is 21.7. The van der Waals surface area contributed by atoms with Crippen LogP contribution in [0, 0.1) is 11.7 Å². The van der Waals surface area contributed by atoms with Gasteiger partial charge in [-0.15, -0.1) is 0 Å². The molecule has 6 aromatic rings. The zero-order valence-electron chi connectivity index (χ0n) is 25.3. The van der Waals surface area contributed by atoms with Crippen molar-refractivity contribution in [1.82, 2.24) is 29.9 Å². The maximum Gasteiger partial charge on any atom is 0.181 e. The molecule has 1 aliphatic carbocycles. The van der Waals surface area contributed by atoms with Gasteiger partial charge in [-0.3, -0.25) is 14.8 Å². The summed E-state index contributed by atoms with van der Waals surface area (Å²) in [6, 6.07) is 17.4. The molecule has 0 atom stereocenters. The Labute approximate surface area is 262 Å². The maximum atomic E-state index is 14.8. The fourth-order valence-electron chi connectivity index (χ4n) is 6.20. The van der Waals surface area contributed by atoms with Gasteiger partial charge in [-0.25, -0.2) is 9.37 Å². The highest BCUT2D eigenvalue weighted by Gasteiger charge is 2.19. The minimum absolute atomic E-state index is 0.281. The summed E-state index contributed by atoms with van der Waals surface area (Å²) in [6.07, 6.45) is 12.4. The van der Waals surface area contributed by atoms with Crippen molar-refractivity contribution in [2.24, 2.45) is 5.92 Å². The molecule has 228 valence electrons. The molecular formula is C36H36FN7S. The van der Waals surface area contributed by atoms with E-state index in [1.807, 2.05) is 49.1 Å². The number of hydrogen-bond acceptors (Lipinski definition) is 5. The number of aromatic nitrogens is 5. The Kier molecular flexibility index (Phi) is 7.51. The van der Waals surface area contributed by atoms with Crippen molar-refractivity contribution in [1.29, 1.82) is 0 Å². The summed E-state index contributed by atoms with van der Waals surface area (Å²) in [6.45, 7) is 4.79. The topological polar surface area (TPSA) is 94.3 Å². The summed E-state index contributed by atoms with van der Waals surface area (Å²) in [7, 11) is -1.42. The zero-order chi connectivity index (χ0) is 31.1. The molecule has 7 rings (SSSR count). The van der Waals surface area contributed by atoms with Gasteiger partial charge in [-0.2, -0.15) is 14.5 Å². The van der Waals surface area contributed by atoms with Crippen LogP contribution in [0.15, 0.2) is 85.5 Å². The molecule has 0 bridgehead atoms. The summed E-state index contributed by atoms with van der Waals surface area (Å²) < 4.78 is 18.1. The Morgan fingerprint density at radius 2 is 1.80 bits per heavy atom. The third kappa shape index (κ3) is 6.14. The van der Waals surface area contributed by atoms with E-state index in [0.29, 0.717) is 18.1 Å². The molecular weight excluding hydrogens is 582 g/mol. The van der Waals surface area contributed by atoms with Gasteiger partial charge < -0.3 is 10.3 Å². The van der Waals surface area contributed by atoms with E-state index in [0.717, 1.165) is 66.9 Å². The number of H-pyrrole nitrogens is 2. The number of pyridine rings is 2. The van der Waals surface area contributed by atoms with Crippen LogP contribution in [-0.2, 0) is 6.54 Å². The summed E-state index contributed by atoms with van der Waals surface area (Å²) in [5.74, 6) is 8.37. The molecule has 0 saturated heterocycles. The van der Waals surface area contributed by atoms with E-state index in [9.17, 15) is 4.39 Å². The summed E-state index contributed by atoms with van der Waals surface area (Å²) >= 11 is 0. The van der Waals surface area contributed by atoms with Crippen LogP contribution in [0.2, 0.25) is 0 Å². The van der Waals surface area contributed by atoms with Crippen molar-refractivity contribution >= 4 is 48.8 Å². The Morgan fingerprint density at radius 1 is 0.978 bits per heavy atom. The van der Waals surface area contributed by atoms with Crippen LogP contribution < -0.4 is 10.0 Å². The molecule has 4 heterocycles. The average molecular weight is 618 g/mol. The van der Waals surface area contributed by atoms with Crippen LogP contribution in [0.5, 0.6) is 0 Å². The Hall–Kier alpha value is -4.73.